The second-order valence-corrected chi connectivity index (χ2v) is 5.64. The quantitative estimate of drug-likeness (QED) is 0.644. The van der Waals surface area contributed by atoms with Gasteiger partial charge in [0.05, 0.1) is 12.2 Å². The van der Waals surface area contributed by atoms with E-state index in [-0.39, 0.29) is 0 Å². The Hall–Kier alpha value is -2.55. The maximum atomic E-state index is 6.02. The van der Waals surface area contributed by atoms with Crippen molar-refractivity contribution in [2.24, 2.45) is 0 Å². The zero-order chi connectivity index (χ0) is 15.9. The molecule has 0 N–H and O–H groups in total. The molecule has 1 aromatic heterocycles. The molecule has 0 fully saturated rings. The van der Waals surface area contributed by atoms with Gasteiger partial charge in [-0.05, 0) is 17.5 Å². The van der Waals surface area contributed by atoms with Crippen molar-refractivity contribution in [1.82, 2.24) is 9.78 Å². The topological polar surface area (TPSA) is 27.1 Å². The summed E-state index contributed by atoms with van der Waals surface area (Å²) in [6.07, 6.45) is 2.06. The van der Waals surface area contributed by atoms with Gasteiger partial charge >= 0.3 is 0 Å². The first-order chi connectivity index (χ1) is 11.3. The van der Waals surface area contributed by atoms with Crippen LogP contribution in [0.2, 0.25) is 0 Å². The fourth-order valence-electron chi connectivity index (χ4n) is 2.55. The third-order valence-corrected chi connectivity index (χ3v) is 3.70. The van der Waals surface area contributed by atoms with Gasteiger partial charge in [0.25, 0.3) is 0 Å². The van der Waals surface area contributed by atoms with E-state index < -0.39 is 0 Å². The first-order valence-electron chi connectivity index (χ1n) is 8.12. The van der Waals surface area contributed by atoms with E-state index in [1.807, 2.05) is 28.9 Å². The molecule has 0 aliphatic carbocycles. The Morgan fingerprint density at radius 3 is 2.22 bits per heavy atom. The lowest BCUT2D eigenvalue weighted by molar-refractivity contribution is 0.275. The summed E-state index contributed by atoms with van der Waals surface area (Å²) in [5.41, 5.74) is 3.48. The summed E-state index contributed by atoms with van der Waals surface area (Å²) in [6.45, 7) is 3.46. The molecule has 0 spiro atoms. The lowest BCUT2D eigenvalue weighted by Crippen LogP contribution is -2.06. The van der Waals surface area contributed by atoms with Crippen LogP contribution in [-0.4, -0.2) is 9.78 Å². The molecule has 3 rings (SSSR count). The molecule has 3 nitrogen and oxygen atoms in total. The van der Waals surface area contributed by atoms with Gasteiger partial charge in [-0.1, -0.05) is 74.0 Å². The van der Waals surface area contributed by atoms with Gasteiger partial charge in [0.1, 0.15) is 6.61 Å². The third kappa shape index (κ3) is 4.22. The number of ether oxygens (including phenoxy) is 1. The normalized spacial score (nSPS) is 10.7. The molecule has 0 unspecified atom stereocenters. The molecule has 0 aliphatic rings. The zero-order valence-corrected chi connectivity index (χ0v) is 13.5. The largest absolute Gasteiger partial charge is 0.473 e. The van der Waals surface area contributed by atoms with Crippen LogP contribution < -0.4 is 4.74 Å². The highest BCUT2D eigenvalue weighted by atomic mass is 16.5. The Kier molecular flexibility index (Phi) is 5.09. The Balaban J connectivity index is 1.77. The highest BCUT2D eigenvalue weighted by molar-refractivity contribution is 5.22. The average Bonchev–Trinajstić information content (AvgIpc) is 2.97. The van der Waals surface area contributed by atoms with Gasteiger partial charge in [-0.3, -0.25) is 0 Å². The van der Waals surface area contributed by atoms with Crippen LogP contribution in [-0.2, 0) is 19.6 Å². The van der Waals surface area contributed by atoms with E-state index >= 15 is 0 Å². The molecule has 118 valence electrons. The van der Waals surface area contributed by atoms with Gasteiger partial charge in [0.2, 0.25) is 5.88 Å². The molecule has 0 aliphatic heterocycles. The Morgan fingerprint density at radius 2 is 1.57 bits per heavy atom. The minimum absolute atomic E-state index is 0.562. The Morgan fingerprint density at radius 1 is 0.913 bits per heavy atom. The maximum absolute atomic E-state index is 6.02. The van der Waals surface area contributed by atoms with E-state index in [9.17, 15) is 0 Å². The molecule has 3 heteroatoms. The van der Waals surface area contributed by atoms with E-state index in [1.165, 1.54) is 5.56 Å². The minimum Gasteiger partial charge on any atom is -0.473 e. The molecule has 0 saturated heterocycles. The van der Waals surface area contributed by atoms with Crippen molar-refractivity contribution in [2.75, 3.05) is 0 Å². The second-order valence-electron chi connectivity index (χ2n) is 5.64. The molecule has 3 aromatic rings. The molecule has 0 bridgehead atoms. The fourth-order valence-corrected chi connectivity index (χ4v) is 2.55. The van der Waals surface area contributed by atoms with Gasteiger partial charge in [-0.25, -0.2) is 4.68 Å². The van der Waals surface area contributed by atoms with Crippen molar-refractivity contribution in [1.29, 1.82) is 0 Å². The van der Waals surface area contributed by atoms with Crippen LogP contribution in [0.15, 0.2) is 66.7 Å². The lowest BCUT2D eigenvalue weighted by Gasteiger charge is -2.09. The summed E-state index contributed by atoms with van der Waals surface area (Å²) < 4.78 is 7.98. The molecule has 1 heterocycles. The van der Waals surface area contributed by atoms with Gasteiger partial charge in [-0.15, -0.1) is 0 Å². The number of nitrogens with zero attached hydrogens (tertiary/aromatic N) is 2. The average molecular weight is 306 g/mol. The molecule has 23 heavy (non-hydrogen) atoms. The summed E-state index contributed by atoms with van der Waals surface area (Å²) >= 11 is 0. The molecule has 0 atom stereocenters. The monoisotopic (exact) mass is 306 g/mol. The lowest BCUT2D eigenvalue weighted by atomic mass is 10.2. The van der Waals surface area contributed by atoms with E-state index in [4.69, 9.17) is 9.84 Å². The van der Waals surface area contributed by atoms with Crippen molar-refractivity contribution in [3.63, 3.8) is 0 Å². The van der Waals surface area contributed by atoms with Crippen molar-refractivity contribution >= 4 is 0 Å². The fraction of sp³-hybridized carbons (Fsp3) is 0.250. The van der Waals surface area contributed by atoms with Crippen LogP contribution >= 0.6 is 0 Å². The van der Waals surface area contributed by atoms with Crippen LogP contribution in [0.1, 0.15) is 30.2 Å². The van der Waals surface area contributed by atoms with Crippen molar-refractivity contribution in [3.8, 4) is 5.88 Å². The van der Waals surface area contributed by atoms with Gasteiger partial charge in [0.15, 0.2) is 0 Å². The van der Waals surface area contributed by atoms with Gasteiger partial charge < -0.3 is 4.74 Å². The van der Waals surface area contributed by atoms with E-state index in [1.54, 1.807) is 0 Å². The standard InChI is InChI=1S/C20H22N2O/c1-2-9-19-14-20(23-16-18-12-7-4-8-13-18)22(21-19)15-17-10-5-3-6-11-17/h3-8,10-14H,2,9,15-16H2,1H3. The zero-order valence-electron chi connectivity index (χ0n) is 13.5. The molecular weight excluding hydrogens is 284 g/mol. The predicted molar refractivity (Wildman–Crippen MR) is 92.5 cm³/mol. The van der Waals surface area contributed by atoms with Crippen molar-refractivity contribution in [2.45, 2.75) is 32.9 Å². The number of aryl methyl sites for hydroxylation is 1. The summed E-state index contributed by atoms with van der Waals surface area (Å²) in [4.78, 5) is 0. The summed E-state index contributed by atoms with van der Waals surface area (Å²) in [6, 6.07) is 22.7. The van der Waals surface area contributed by atoms with E-state index in [0.29, 0.717) is 6.61 Å². The number of aromatic nitrogens is 2. The summed E-state index contributed by atoms with van der Waals surface area (Å²) in [5.74, 6) is 0.834. The Bertz CT molecular complexity index is 720. The Labute approximate surface area is 137 Å². The number of rotatable bonds is 7. The molecule has 0 radical (unpaired) electrons. The van der Waals surface area contributed by atoms with Crippen LogP contribution in [0.5, 0.6) is 5.88 Å². The van der Waals surface area contributed by atoms with E-state index in [2.05, 4.69) is 49.4 Å². The number of hydrogen-bond acceptors (Lipinski definition) is 2. The first kappa shape index (κ1) is 15.3. The number of hydrogen-bond donors (Lipinski definition) is 0. The molecule has 0 saturated carbocycles. The highest BCUT2D eigenvalue weighted by Gasteiger charge is 2.09. The van der Waals surface area contributed by atoms with Crippen LogP contribution in [0.3, 0.4) is 0 Å². The van der Waals surface area contributed by atoms with Gasteiger partial charge in [0, 0.05) is 6.07 Å². The summed E-state index contributed by atoms with van der Waals surface area (Å²) in [5, 5.41) is 4.70. The third-order valence-electron chi connectivity index (χ3n) is 3.70. The van der Waals surface area contributed by atoms with Crippen molar-refractivity contribution < 1.29 is 4.74 Å². The maximum Gasteiger partial charge on any atom is 0.212 e. The van der Waals surface area contributed by atoms with Crippen LogP contribution in [0, 0.1) is 0 Å². The van der Waals surface area contributed by atoms with Crippen LogP contribution in [0.4, 0.5) is 0 Å². The molecule has 2 aromatic carbocycles. The van der Waals surface area contributed by atoms with Gasteiger partial charge in [-0.2, -0.15) is 5.10 Å². The SMILES string of the molecule is CCCc1cc(OCc2ccccc2)n(Cc2ccccc2)n1. The summed E-state index contributed by atoms with van der Waals surface area (Å²) in [7, 11) is 0. The number of benzene rings is 2. The predicted octanol–water partition coefficient (Wildman–Crippen LogP) is 4.46. The van der Waals surface area contributed by atoms with Crippen LogP contribution in [0.25, 0.3) is 0 Å². The van der Waals surface area contributed by atoms with E-state index in [0.717, 1.165) is 36.5 Å². The smallest absolute Gasteiger partial charge is 0.212 e. The minimum atomic E-state index is 0.562. The second kappa shape index (κ2) is 7.63. The first-order valence-corrected chi connectivity index (χ1v) is 8.12. The highest BCUT2D eigenvalue weighted by Crippen LogP contribution is 2.18. The molecular formula is C20H22N2O. The molecule has 0 amide bonds. The van der Waals surface area contributed by atoms with Crippen molar-refractivity contribution in [3.05, 3.63) is 83.6 Å².